The molecule has 3 atom stereocenters. The van der Waals surface area contributed by atoms with Gasteiger partial charge in [-0.15, -0.1) is 24.8 Å². The number of carbonyl (C=O) groups is 2. The van der Waals surface area contributed by atoms with Crippen molar-refractivity contribution in [3.63, 3.8) is 0 Å². The number of benzene rings is 1. The first-order chi connectivity index (χ1) is 17.9. The van der Waals surface area contributed by atoms with Crippen LogP contribution in [0.25, 0.3) is 0 Å². The number of piperidine rings is 1. The lowest BCUT2D eigenvalue weighted by atomic mass is 9.91. The molecular formula is C26H40Cl2N6O5S. The number of carbonyl (C=O) groups excluding carboxylic acids is 1. The Kier molecular flexibility index (Phi) is 11.8. The van der Waals surface area contributed by atoms with Gasteiger partial charge in [0.2, 0.25) is 15.9 Å². The standard InChI is InChI=1S/C26H38N6O5S.2ClH/c1-17-7-11-32(23(12-17)25(34)35)24(33)22(13-18-4-3-9-31(15-18)26(27)28)29-38(36,37)21-6-5-19-8-10-30(2)16-20(19)14-21;;/h4-6,14,17,22-23,29H,3,7-13,15-16H2,1-2H3,(H3,27,28)(H,34,35);2*1H/t17-,22-,23+;;/m0../s1. The third-order valence-electron chi connectivity index (χ3n) is 7.75. The van der Waals surface area contributed by atoms with Gasteiger partial charge < -0.3 is 25.5 Å². The van der Waals surface area contributed by atoms with E-state index in [-0.39, 0.29) is 54.6 Å². The number of carboxylic acids is 1. The molecule has 1 amide bonds. The van der Waals surface area contributed by atoms with Crippen LogP contribution in [0, 0.1) is 11.3 Å². The van der Waals surface area contributed by atoms with Gasteiger partial charge in [-0.2, -0.15) is 4.72 Å². The van der Waals surface area contributed by atoms with E-state index in [2.05, 4.69) is 9.62 Å². The predicted octanol–water partition coefficient (Wildman–Crippen LogP) is 1.79. The molecule has 3 aliphatic heterocycles. The molecule has 3 aliphatic rings. The normalized spacial score (nSPS) is 22.2. The number of nitrogens with two attached hydrogens (primary N) is 1. The Morgan fingerprint density at radius 2 is 1.90 bits per heavy atom. The van der Waals surface area contributed by atoms with Crippen molar-refractivity contribution in [1.29, 1.82) is 5.41 Å². The molecule has 1 aromatic carbocycles. The number of hydrogen-bond donors (Lipinski definition) is 4. The van der Waals surface area contributed by atoms with Crippen LogP contribution in [-0.2, 0) is 32.6 Å². The van der Waals surface area contributed by atoms with Crippen molar-refractivity contribution in [2.45, 2.75) is 62.6 Å². The minimum Gasteiger partial charge on any atom is -0.480 e. The lowest BCUT2D eigenvalue weighted by molar-refractivity contribution is -0.153. The number of fused-ring (bicyclic) bond motifs is 1. The molecule has 0 spiro atoms. The molecule has 0 saturated carbocycles. The SMILES string of the molecule is C[C@H]1CCN(C(=O)[C@H](CC2=CCCN(C(=N)N)C2)NS(=O)(=O)c2ccc3c(c2)CN(C)CC3)[C@@H](C(=O)O)C1.Cl.Cl. The summed E-state index contributed by atoms with van der Waals surface area (Å²) in [4.78, 5) is 31.0. The highest BCUT2D eigenvalue weighted by atomic mass is 35.5. The van der Waals surface area contributed by atoms with Gasteiger partial charge in [-0.1, -0.05) is 24.6 Å². The summed E-state index contributed by atoms with van der Waals surface area (Å²) in [5.41, 5.74) is 8.49. The molecule has 4 rings (SSSR count). The second-order valence-corrected chi connectivity index (χ2v) is 12.5. The van der Waals surface area contributed by atoms with E-state index in [1.54, 1.807) is 17.0 Å². The molecule has 5 N–H and O–H groups in total. The number of likely N-dealkylation sites (tertiary alicyclic amines) is 1. The number of nitrogens with zero attached hydrogens (tertiary/aromatic N) is 3. The van der Waals surface area contributed by atoms with E-state index >= 15 is 0 Å². The molecule has 1 fully saturated rings. The summed E-state index contributed by atoms with van der Waals surface area (Å²) in [7, 11) is -2.11. The van der Waals surface area contributed by atoms with Crippen molar-refractivity contribution in [3.8, 4) is 0 Å². The van der Waals surface area contributed by atoms with Crippen LogP contribution in [0.3, 0.4) is 0 Å². The zero-order valence-electron chi connectivity index (χ0n) is 22.8. The van der Waals surface area contributed by atoms with Crippen molar-refractivity contribution < 1.29 is 23.1 Å². The summed E-state index contributed by atoms with van der Waals surface area (Å²) < 4.78 is 29.8. The maximum absolute atomic E-state index is 13.8. The van der Waals surface area contributed by atoms with Crippen LogP contribution in [0.4, 0.5) is 0 Å². The third kappa shape index (κ3) is 7.88. The van der Waals surface area contributed by atoms with Gasteiger partial charge in [-0.25, -0.2) is 13.2 Å². The molecule has 11 nitrogen and oxygen atoms in total. The van der Waals surface area contributed by atoms with Gasteiger partial charge in [0.25, 0.3) is 0 Å². The minimum absolute atomic E-state index is 0. The molecule has 1 saturated heterocycles. The second kappa shape index (κ2) is 14.0. The van der Waals surface area contributed by atoms with Gasteiger partial charge >= 0.3 is 5.97 Å². The van der Waals surface area contributed by atoms with Crippen LogP contribution in [0.2, 0.25) is 0 Å². The average Bonchev–Trinajstić information content (AvgIpc) is 2.87. The number of halogens is 2. The quantitative estimate of drug-likeness (QED) is 0.204. The van der Waals surface area contributed by atoms with E-state index in [4.69, 9.17) is 11.1 Å². The predicted molar refractivity (Wildman–Crippen MR) is 157 cm³/mol. The van der Waals surface area contributed by atoms with Crippen LogP contribution in [0.1, 0.15) is 43.7 Å². The summed E-state index contributed by atoms with van der Waals surface area (Å²) in [6.07, 6.45) is 4.42. The zero-order valence-corrected chi connectivity index (χ0v) is 25.3. The van der Waals surface area contributed by atoms with Crippen LogP contribution >= 0.6 is 24.8 Å². The van der Waals surface area contributed by atoms with Crippen molar-refractivity contribution in [2.75, 3.05) is 33.2 Å². The molecule has 14 heteroatoms. The zero-order chi connectivity index (χ0) is 27.6. The summed E-state index contributed by atoms with van der Waals surface area (Å²) >= 11 is 0. The van der Waals surface area contributed by atoms with Crippen LogP contribution in [0.5, 0.6) is 0 Å². The first kappa shape index (κ1) is 33.8. The van der Waals surface area contributed by atoms with Gasteiger partial charge in [-0.3, -0.25) is 10.2 Å². The monoisotopic (exact) mass is 618 g/mol. The Hall–Kier alpha value is -2.38. The Bertz CT molecular complexity index is 1240. The molecule has 0 unspecified atom stereocenters. The maximum atomic E-state index is 13.8. The Labute approximate surface area is 248 Å². The average molecular weight is 620 g/mol. The Morgan fingerprint density at radius 1 is 1.18 bits per heavy atom. The Balaban J connectivity index is 0.00000280. The number of carboxylic acid groups (broad SMARTS) is 1. The van der Waals surface area contributed by atoms with Gasteiger partial charge in [0, 0.05) is 32.7 Å². The number of aliphatic carboxylic acids is 1. The van der Waals surface area contributed by atoms with E-state index in [0.717, 1.165) is 29.7 Å². The van der Waals surface area contributed by atoms with E-state index in [1.807, 2.05) is 26.1 Å². The molecule has 0 radical (unpaired) electrons. The third-order valence-corrected chi connectivity index (χ3v) is 9.22. The Morgan fingerprint density at radius 3 is 2.58 bits per heavy atom. The van der Waals surface area contributed by atoms with Gasteiger partial charge in [0.05, 0.1) is 4.90 Å². The molecule has 40 heavy (non-hydrogen) atoms. The van der Waals surface area contributed by atoms with Gasteiger partial charge in [0.15, 0.2) is 5.96 Å². The molecule has 1 aromatic rings. The number of rotatable bonds is 7. The summed E-state index contributed by atoms with van der Waals surface area (Å²) in [6, 6.07) is 2.86. The summed E-state index contributed by atoms with van der Waals surface area (Å²) in [5.74, 6) is -1.58. The number of amides is 1. The van der Waals surface area contributed by atoms with Crippen LogP contribution in [-0.4, -0.2) is 91.4 Å². The van der Waals surface area contributed by atoms with E-state index < -0.39 is 34.0 Å². The van der Waals surface area contributed by atoms with Crippen molar-refractivity contribution in [3.05, 3.63) is 41.0 Å². The first-order valence-electron chi connectivity index (χ1n) is 13.1. The summed E-state index contributed by atoms with van der Waals surface area (Å²) in [6.45, 7) is 4.62. The van der Waals surface area contributed by atoms with Crippen molar-refractivity contribution in [2.24, 2.45) is 11.7 Å². The lowest BCUT2D eigenvalue weighted by Gasteiger charge is -2.38. The first-order valence-corrected chi connectivity index (χ1v) is 14.6. The lowest BCUT2D eigenvalue weighted by Crippen LogP contribution is -2.56. The highest BCUT2D eigenvalue weighted by molar-refractivity contribution is 7.89. The second-order valence-electron chi connectivity index (χ2n) is 10.8. The molecule has 0 bridgehead atoms. The van der Waals surface area contributed by atoms with Crippen molar-refractivity contribution >= 4 is 52.7 Å². The maximum Gasteiger partial charge on any atom is 0.326 e. The molecule has 224 valence electrons. The summed E-state index contributed by atoms with van der Waals surface area (Å²) in [5, 5.41) is 17.6. The highest BCUT2D eigenvalue weighted by Gasteiger charge is 2.39. The molecule has 3 heterocycles. The molecule has 0 aromatic heterocycles. The minimum atomic E-state index is -4.09. The number of guanidine groups is 1. The number of likely N-dealkylation sites (N-methyl/N-ethyl adjacent to an activating group) is 1. The fraction of sp³-hybridized carbons (Fsp3) is 0.577. The smallest absolute Gasteiger partial charge is 0.326 e. The van der Waals surface area contributed by atoms with E-state index in [0.29, 0.717) is 38.9 Å². The van der Waals surface area contributed by atoms with Crippen LogP contribution < -0.4 is 10.5 Å². The molecular weight excluding hydrogens is 579 g/mol. The molecule has 0 aliphatic carbocycles. The van der Waals surface area contributed by atoms with Crippen molar-refractivity contribution in [1.82, 2.24) is 19.4 Å². The topological polar surface area (TPSA) is 160 Å². The number of sulfonamides is 1. The van der Waals surface area contributed by atoms with Gasteiger partial charge in [-0.05, 0) is 68.3 Å². The van der Waals surface area contributed by atoms with E-state index in [9.17, 15) is 23.1 Å². The van der Waals surface area contributed by atoms with E-state index in [1.165, 1.54) is 4.90 Å². The van der Waals surface area contributed by atoms with Crippen LogP contribution in [0.15, 0.2) is 34.7 Å². The largest absolute Gasteiger partial charge is 0.480 e. The van der Waals surface area contributed by atoms with Gasteiger partial charge in [0.1, 0.15) is 12.1 Å². The fourth-order valence-electron chi connectivity index (χ4n) is 5.54. The number of nitrogens with one attached hydrogen (secondary N) is 2. The highest BCUT2D eigenvalue weighted by Crippen LogP contribution is 2.27. The number of hydrogen-bond acceptors (Lipinski definition) is 6. The fourth-order valence-corrected chi connectivity index (χ4v) is 6.78.